The molecule has 0 unspecified atom stereocenters. The van der Waals surface area contributed by atoms with Gasteiger partial charge in [0.1, 0.15) is 11.6 Å². The van der Waals surface area contributed by atoms with Crippen LogP contribution in [0.1, 0.15) is 47.4 Å². The Morgan fingerprint density at radius 3 is 2.64 bits per heavy atom. The van der Waals surface area contributed by atoms with Gasteiger partial charge in [0.25, 0.3) is 5.56 Å². The number of aromatic amines is 1. The monoisotopic (exact) mass is 357 g/mol. The van der Waals surface area contributed by atoms with E-state index in [1.165, 1.54) is 11.8 Å². The topological polar surface area (TPSA) is 95.8 Å². The number of rotatable bonds is 7. The SMILES string of the molecule is CCCOC(=O)c1ccc(CSc2nc(CC)c(C#N)c(=O)[nH]2)cc1. The minimum Gasteiger partial charge on any atom is -0.462 e. The zero-order valence-corrected chi connectivity index (χ0v) is 15.0. The van der Waals surface area contributed by atoms with Crippen molar-refractivity contribution in [3.63, 3.8) is 0 Å². The number of benzene rings is 1. The number of ether oxygens (including phenoxy) is 1. The van der Waals surface area contributed by atoms with Crippen LogP contribution in [0.5, 0.6) is 0 Å². The van der Waals surface area contributed by atoms with Gasteiger partial charge in [0.2, 0.25) is 0 Å². The summed E-state index contributed by atoms with van der Waals surface area (Å²) in [5.74, 6) is 0.258. The molecule has 130 valence electrons. The second kappa shape index (κ2) is 9.04. The van der Waals surface area contributed by atoms with E-state index in [1.54, 1.807) is 12.1 Å². The van der Waals surface area contributed by atoms with Gasteiger partial charge in [-0.15, -0.1) is 0 Å². The second-order valence-electron chi connectivity index (χ2n) is 5.28. The van der Waals surface area contributed by atoms with E-state index in [2.05, 4.69) is 9.97 Å². The van der Waals surface area contributed by atoms with Crippen molar-refractivity contribution in [3.05, 3.63) is 57.0 Å². The average Bonchev–Trinajstić information content (AvgIpc) is 2.64. The summed E-state index contributed by atoms with van der Waals surface area (Å²) >= 11 is 1.37. The number of H-pyrrole nitrogens is 1. The molecule has 7 heteroatoms. The van der Waals surface area contributed by atoms with Crippen LogP contribution in [0.15, 0.2) is 34.2 Å². The Labute approximate surface area is 150 Å². The van der Waals surface area contributed by atoms with Gasteiger partial charge in [-0.05, 0) is 30.5 Å². The summed E-state index contributed by atoms with van der Waals surface area (Å²) in [5.41, 5.74) is 1.66. The fraction of sp³-hybridized carbons (Fsp3) is 0.333. The number of nitriles is 1. The fourth-order valence-corrected chi connectivity index (χ4v) is 2.94. The van der Waals surface area contributed by atoms with Crippen molar-refractivity contribution in [3.8, 4) is 6.07 Å². The Morgan fingerprint density at radius 1 is 1.32 bits per heavy atom. The van der Waals surface area contributed by atoms with Crippen LogP contribution in [0.25, 0.3) is 0 Å². The first kappa shape index (κ1) is 18.7. The zero-order chi connectivity index (χ0) is 18.2. The molecule has 0 bridgehead atoms. The number of thioether (sulfide) groups is 1. The van der Waals surface area contributed by atoms with Crippen LogP contribution in [0, 0.1) is 11.3 Å². The summed E-state index contributed by atoms with van der Waals surface area (Å²) in [7, 11) is 0. The molecule has 0 aliphatic carbocycles. The molecule has 0 spiro atoms. The van der Waals surface area contributed by atoms with E-state index in [9.17, 15) is 9.59 Å². The number of hydrogen-bond donors (Lipinski definition) is 1. The van der Waals surface area contributed by atoms with E-state index in [4.69, 9.17) is 10.00 Å². The number of nitrogens with zero attached hydrogens (tertiary/aromatic N) is 2. The largest absolute Gasteiger partial charge is 0.462 e. The first-order valence-corrected chi connectivity index (χ1v) is 8.99. The summed E-state index contributed by atoms with van der Waals surface area (Å²) in [6.07, 6.45) is 1.31. The van der Waals surface area contributed by atoms with Gasteiger partial charge in [-0.2, -0.15) is 5.26 Å². The first-order chi connectivity index (χ1) is 12.1. The molecule has 0 saturated carbocycles. The molecule has 0 fully saturated rings. The molecule has 1 N–H and O–H groups in total. The Hall–Kier alpha value is -2.59. The minimum absolute atomic E-state index is 0.0711. The number of carbonyl (C=O) groups excluding carboxylic acids is 1. The van der Waals surface area contributed by atoms with Crippen LogP contribution in [-0.4, -0.2) is 22.5 Å². The smallest absolute Gasteiger partial charge is 0.338 e. The summed E-state index contributed by atoms with van der Waals surface area (Å²) in [6.45, 7) is 4.21. The van der Waals surface area contributed by atoms with Gasteiger partial charge in [-0.25, -0.2) is 9.78 Å². The van der Waals surface area contributed by atoms with E-state index in [0.29, 0.717) is 35.2 Å². The standard InChI is InChI=1S/C18H19N3O3S/c1-3-9-24-17(23)13-7-5-12(6-8-13)11-25-18-20-15(4-2)14(10-19)16(22)21-18/h5-8H,3-4,9,11H2,1-2H3,(H,20,21,22). The molecule has 1 aromatic heterocycles. The molecule has 0 aliphatic heterocycles. The van der Waals surface area contributed by atoms with E-state index in [0.717, 1.165) is 12.0 Å². The third kappa shape index (κ3) is 4.94. The lowest BCUT2D eigenvalue weighted by Gasteiger charge is -2.06. The van der Waals surface area contributed by atoms with E-state index in [1.807, 2.05) is 32.0 Å². The van der Waals surface area contributed by atoms with Crippen molar-refractivity contribution in [2.24, 2.45) is 0 Å². The normalized spacial score (nSPS) is 10.3. The molecular weight excluding hydrogens is 338 g/mol. The molecule has 6 nitrogen and oxygen atoms in total. The molecule has 1 heterocycles. The third-order valence-corrected chi connectivity index (χ3v) is 4.37. The number of hydrogen-bond acceptors (Lipinski definition) is 6. The Morgan fingerprint density at radius 2 is 2.04 bits per heavy atom. The number of aryl methyl sites for hydroxylation is 1. The van der Waals surface area contributed by atoms with E-state index >= 15 is 0 Å². The molecule has 1 aromatic carbocycles. The van der Waals surface area contributed by atoms with Gasteiger partial charge in [0, 0.05) is 5.75 Å². The molecule has 0 atom stereocenters. The highest BCUT2D eigenvalue weighted by molar-refractivity contribution is 7.98. The summed E-state index contributed by atoms with van der Waals surface area (Å²) in [6, 6.07) is 9.02. The van der Waals surface area contributed by atoms with Gasteiger partial charge >= 0.3 is 5.97 Å². The number of aromatic nitrogens is 2. The molecule has 0 aliphatic rings. The van der Waals surface area contributed by atoms with E-state index < -0.39 is 5.56 Å². The van der Waals surface area contributed by atoms with Crippen LogP contribution in [0.4, 0.5) is 0 Å². The van der Waals surface area contributed by atoms with Gasteiger partial charge in [-0.3, -0.25) is 4.79 Å². The Balaban J connectivity index is 2.04. The van der Waals surface area contributed by atoms with E-state index in [-0.39, 0.29) is 11.5 Å². The zero-order valence-electron chi connectivity index (χ0n) is 14.2. The molecule has 0 amide bonds. The van der Waals surface area contributed by atoms with Crippen molar-refractivity contribution in [2.75, 3.05) is 6.61 Å². The molecule has 2 aromatic rings. The van der Waals surface area contributed by atoms with Crippen LogP contribution < -0.4 is 5.56 Å². The lowest BCUT2D eigenvalue weighted by Crippen LogP contribution is -2.16. The summed E-state index contributed by atoms with van der Waals surface area (Å²) in [5, 5.41) is 9.48. The Bertz CT molecular complexity index is 838. The lowest BCUT2D eigenvalue weighted by molar-refractivity contribution is 0.0505. The fourth-order valence-electron chi connectivity index (χ4n) is 2.10. The number of carbonyl (C=O) groups is 1. The maximum Gasteiger partial charge on any atom is 0.338 e. The Kier molecular flexibility index (Phi) is 6.78. The summed E-state index contributed by atoms with van der Waals surface area (Å²) in [4.78, 5) is 30.6. The van der Waals surface area contributed by atoms with Crippen LogP contribution in [0.3, 0.4) is 0 Å². The molecule has 0 saturated heterocycles. The molecular formula is C18H19N3O3S. The van der Waals surface area contributed by atoms with Gasteiger partial charge in [0.05, 0.1) is 17.9 Å². The lowest BCUT2D eigenvalue weighted by atomic mass is 10.1. The van der Waals surface area contributed by atoms with Crippen LogP contribution in [-0.2, 0) is 16.9 Å². The van der Waals surface area contributed by atoms with Gasteiger partial charge < -0.3 is 9.72 Å². The first-order valence-electron chi connectivity index (χ1n) is 8.01. The maximum atomic E-state index is 11.9. The molecule has 0 radical (unpaired) electrons. The predicted molar refractivity (Wildman–Crippen MR) is 95.5 cm³/mol. The maximum absolute atomic E-state index is 11.9. The summed E-state index contributed by atoms with van der Waals surface area (Å²) < 4.78 is 5.09. The van der Waals surface area contributed by atoms with Crippen molar-refractivity contribution in [1.29, 1.82) is 5.26 Å². The van der Waals surface area contributed by atoms with Crippen molar-refractivity contribution in [1.82, 2.24) is 9.97 Å². The highest BCUT2D eigenvalue weighted by atomic mass is 32.2. The molecule has 25 heavy (non-hydrogen) atoms. The minimum atomic E-state index is -0.411. The van der Waals surface area contributed by atoms with Crippen molar-refractivity contribution in [2.45, 2.75) is 37.6 Å². The van der Waals surface area contributed by atoms with Crippen molar-refractivity contribution < 1.29 is 9.53 Å². The highest BCUT2D eigenvalue weighted by Gasteiger charge is 2.10. The van der Waals surface area contributed by atoms with Crippen molar-refractivity contribution >= 4 is 17.7 Å². The number of nitrogens with one attached hydrogen (secondary N) is 1. The molecule has 2 rings (SSSR count). The third-order valence-electron chi connectivity index (χ3n) is 3.42. The van der Waals surface area contributed by atoms with Gasteiger partial charge in [-0.1, -0.05) is 37.7 Å². The quantitative estimate of drug-likeness (QED) is 0.465. The number of esters is 1. The van der Waals surface area contributed by atoms with Crippen LogP contribution >= 0.6 is 11.8 Å². The second-order valence-corrected chi connectivity index (χ2v) is 6.24. The highest BCUT2D eigenvalue weighted by Crippen LogP contribution is 2.19. The average molecular weight is 357 g/mol. The van der Waals surface area contributed by atoms with Crippen LogP contribution in [0.2, 0.25) is 0 Å². The predicted octanol–water partition coefficient (Wildman–Crippen LogP) is 3.06. The van der Waals surface area contributed by atoms with Gasteiger partial charge in [0.15, 0.2) is 5.16 Å².